The zero-order valence-corrected chi connectivity index (χ0v) is 14.4. The Morgan fingerprint density at radius 3 is 2.90 bits per heavy atom. The molecule has 1 aliphatic heterocycles. The molecule has 1 aromatic rings. The Morgan fingerprint density at radius 2 is 2.29 bits per heavy atom. The van der Waals surface area contributed by atoms with Crippen LogP contribution in [0.25, 0.3) is 0 Å². The van der Waals surface area contributed by atoms with Crippen molar-refractivity contribution < 1.29 is 4.79 Å². The van der Waals surface area contributed by atoms with Gasteiger partial charge in [0.1, 0.15) is 4.38 Å². The van der Waals surface area contributed by atoms with Gasteiger partial charge in [0, 0.05) is 11.4 Å². The molecule has 1 unspecified atom stereocenters. The first-order chi connectivity index (χ1) is 10.2. The Morgan fingerprint density at radius 1 is 1.48 bits per heavy atom. The van der Waals surface area contributed by atoms with Gasteiger partial charge in [-0.3, -0.25) is 9.79 Å². The molecule has 0 aliphatic carbocycles. The van der Waals surface area contributed by atoms with Crippen molar-refractivity contribution in [3.05, 3.63) is 29.3 Å². The van der Waals surface area contributed by atoms with Crippen LogP contribution in [0.5, 0.6) is 0 Å². The molecule has 0 radical (unpaired) electrons. The van der Waals surface area contributed by atoms with Crippen LogP contribution in [0.15, 0.2) is 23.2 Å². The molecule has 1 N–H and O–H groups in total. The van der Waals surface area contributed by atoms with Crippen molar-refractivity contribution in [1.82, 2.24) is 0 Å². The molecular formula is C16H22N2OS2. The second kappa shape index (κ2) is 7.90. The standard InChI is InChI=1S/C16H22N2OS2/c1-4-12-8-6-7-11(3)14(12)18-15(19)13(5-2)21-16-17-9-10-20-16/h6-8,13H,4-5,9-10H2,1-3H3,(H,18,19). The smallest absolute Gasteiger partial charge is 0.237 e. The molecule has 5 heteroatoms. The molecular weight excluding hydrogens is 300 g/mol. The van der Waals surface area contributed by atoms with Gasteiger partial charge < -0.3 is 5.32 Å². The van der Waals surface area contributed by atoms with E-state index in [1.165, 1.54) is 5.56 Å². The number of rotatable bonds is 5. The number of carbonyl (C=O) groups is 1. The van der Waals surface area contributed by atoms with Crippen LogP contribution in [0.4, 0.5) is 5.69 Å². The van der Waals surface area contributed by atoms with Crippen LogP contribution in [-0.2, 0) is 11.2 Å². The summed E-state index contributed by atoms with van der Waals surface area (Å²) >= 11 is 3.35. The number of para-hydroxylation sites is 1. The fourth-order valence-electron chi connectivity index (χ4n) is 2.24. The minimum atomic E-state index is -0.0707. The molecule has 114 valence electrons. The van der Waals surface area contributed by atoms with Gasteiger partial charge >= 0.3 is 0 Å². The lowest BCUT2D eigenvalue weighted by Gasteiger charge is -2.17. The van der Waals surface area contributed by atoms with Crippen molar-refractivity contribution in [3.63, 3.8) is 0 Å². The summed E-state index contributed by atoms with van der Waals surface area (Å²) in [5.74, 6) is 1.12. The number of nitrogens with zero attached hydrogens (tertiary/aromatic N) is 1. The quantitative estimate of drug-likeness (QED) is 0.887. The Balaban J connectivity index is 2.08. The molecule has 1 aromatic carbocycles. The van der Waals surface area contributed by atoms with E-state index < -0.39 is 0 Å². The third kappa shape index (κ3) is 4.27. The lowest BCUT2D eigenvalue weighted by Crippen LogP contribution is -2.26. The Bertz CT molecular complexity index is 543. The van der Waals surface area contributed by atoms with E-state index in [0.29, 0.717) is 0 Å². The molecule has 1 atom stereocenters. The van der Waals surface area contributed by atoms with Gasteiger partial charge in [-0.05, 0) is 30.9 Å². The molecule has 0 aromatic heterocycles. The fourth-order valence-corrected chi connectivity index (χ4v) is 4.39. The van der Waals surface area contributed by atoms with Crippen LogP contribution >= 0.6 is 23.5 Å². The zero-order valence-electron chi connectivity index (χ0n) is 12.8. The monoisotopic (exact) mass is 322 g/mol. The van der Waals surface area contributed by atoms with E-state index in [0.717, 1.165) is 40.8 Å². The summed E-state index contributed by atoms with van der Waals surface area (Å²) < 4.78 is 1.05. The van der Waals surface area contributed by atoms with E-state index in [2.05, 4.69) is 30.2 Å². The lowest BCUT2D eigenvalue weighted by molar-refractivity contribution is -0.115. The summed E-state index contributed by atoms with van der Waals surface area (Å²) in [7, 11) is 0. The van der Waals surface area contributed by atoms with Gasteiger partial charge in [0.05, 0.1) is 11.8 Å². The third-order valence-electron chi connectivity index (χ3n) is 3.45. The molecule has 0 fully saturated rings. The van der Waals surface area contributed by atoms with Gasteiger partial charge in [-0.2, -0.15) is 0 Å². The predicted octanol–water partition coefficient (Wildman–Crippen LogP) is 4.11. The fraction of sp³-hybridized carbons (Fsp3) is 0.500. The van der Waals surface area contributed by atoms with Crippen LogP contribution in [0.2, 0.25) is 0 Å². The second-order valence-electron chi connectivity index (χ2n) is 4.96. The molecule has 3 nitrogen and oxygen atoms in total. The molecule has 0 spiro atoms. The maximum Gasteiger partial charge on any atom is 0.237 e. The van der Waals surface area contributed by atoms with Crippen LogP contribution in [0.3, 0.4) is 0 Å². The van der Waals surface area contributed by atoms with Gasteiger partial charge in [-0.25, -0.2) is 0 Å². The van der Waals surface area contributed by atoms with E-state index in [-0.39, 0.29) is 11.2 Å². The summed E-state index contributed by atoms with van der Waals surface area (Å²) in [4.78, 5) is 17.0. The molecule has 0 saturated heterocycles. The minimum Gasteiger partial charge on any atom is -0.325 e. The van der Waals surface area contributed by atoms with E-state index in [9.17, 15) is 4.79 Å². The van der Waals surface area contributed by atoms with Crippen molar-refractivity contribution in [2.24, 2.45) is 4.99 Å². The number of benzene rings is 1. The van der Waals surface area contributed by atoms with E-state index >= 15 is 0 Å². The number of thioether (sulfide) groups is 2. The molecule has 21 heavy (non-hydrogen) atoms. The van der Waals surface area contributed by atoms with Gasteiger partial charge in [-0.15, -0.1) is 0 Å². The largest absolute Gasteiger partial charge is 0.325 e. The van der Waals surface area contributed by atoms with Crippen LogP contribution in [-0.4, -0.2) is 27.8 Å². The molecule has 1 amide bonds. The van der Waals surface area contributed by atoms with Gasteiger partial charge in [0.2, 0.25) is 5.91 Å². The van der Waals surface area contributed by atoms with Gasteiger partial charge in [-0.1, -0.05) is 55.6 Å². The Hall–Kier alpha value is -0.940. The minimum absolute atomic E-state index is 0.0707. The maximum atomic E-state index is 12.6. The number of amides is 1. The number of aryl methyl sites for hydroxylation is 2. The average molecular weight is 322 g/mol. The highest BCUT2D eigenvalue weighted by Crippen LogP contribution is 2.29. The highest BCUT2D eigenvalue weighted by molar-refractivity contribution is 8.39. The molecule has 0 saturated carbocycles. The van der Waals surface area contributed by atoms with E-state index in [1.54, 1.807) is 23.5 Å². The van der Waals surface area contributed by atoms with Crippen LogP contribution in [0, 0.1) is 6.92 Å². The van der Waals surface area contributed by atoms with Crippen molar-refractivity contribution in [2.45, 2.75) is 38.9 Å². The SMILES string of the molecule is CCc1cccc(C)c1NC(=O)C(CC)SC1=NCCS1. The Labute approximate surface area is 135 Å². The molecule has 1 aliphatic rings. The van der Waals surface area contributed by atoms with Crippen molar-refractivity contribution in [3.8, 4) is 0 Å². The predicted molar refractivity (Wildman–Crippen MR) is 95.6 cm³/mol. The first kappa shape index (κ1) is 16.4. The van der Waals surface area contributed by atoms with E-state index in [1.807, 2.05) is 19.1 Å². The highest BCUT2D eigenvalue weighted by Gasteiger charge is 2.22. The zero-order chi connectivity index (χ0) is 15.2. The maximum absolute atomic E-state index is 12.6. The molecule has 0 bridgehead atoms. The Kier molecular flexibility index (Phi) is 6.18. The lowest BCUT2D eigenvalue weighted by atomic mass is 10.1. The number of hydrogen-bond acceptors (Lipinski definition) is 4. The highest BCUT2D eigenvalue weighted by atomic mass is 32.2. The normalized spacial score (nSPS) is 15.7. The molecule has 2 rings (SSSR count). The van der Waals surface area contributed by atoms with Crippen LogP contribution in [0.1, 0.15) is 31.4 Å². The van der Waals surface area contributed by atoms with E-state index in [4.69, 9.17) is 0 Å². The summed E-state index contributed by atoms with van der Waals surface area (Å²) in [6.07, 6.45) is 1.73. The topological polar surface area (TPSA) is 41.5 Å². The van der Waals surface area contributed by atoms with Gasteiger partial charge in [0.25, 0.3) is 0 Å². The summed E-state index contributed by atoms with van der Waals surface area (Å²) in [6.45, 7) is 7.08. The van der Waals surface area contributed by atoms with Crippen molar-refractivity contribution >= 4 is 39.5 Å². The summed E-state index contributed by atoms with van der Waals surface area (Å²) in [5.41, 5.74) is 3.29. The van der Waals surface area contributed by atoms with Crippen molar-refractivity contribution in [2.75, 3.05) is 17.6 Å². The number of aliphatic imine (C=N–C) groups is 1. The summed E-state index contributed by atoms with van der Waals surface area (Å²) in [5, 5.41) is 3.06. The second-order valence-corrected chi connectivity index (χ2v) is 7.50. The average Bonchev–Trinajstić information content (AvgIpc) is 2.99. The third-order valence-corrected chi connectivity index (χ3v) is 6.02. The molecule has 1 heterocycles. The number of hydrogen-bond donors (Lipinski definition) is 1. The first-order valence-electron chi connectivity index (χ1n) is 7.39. The van der Waals surface area contributed by atoms with Gasteiger partial charge in [0.15, 0.2) is 0 Å². The van der Waals surface area contributed by atoms with Crippen LogP contribution < -0.4 is 5.32 Å². The first-order valence-corrected chi connectivity index (χ1v) is 9.25. The number of nitrogens with one attached hydrogen (secondary N) is 1. The number of carbonyl (C=O) groups excluding carboxylic acids is 1. The summed E-state index contributed by atoms with van der Waals surface area (Å²) in [6, 6.07) is 6.16. The van der Waals surface area contributed by atoms with Crippen molar-refractivity contribution in [1.29, 1.82) is 0 Å². The number of anilines is 1.